The molecule has 0 amide bonds. The van der Waals surface area contributed by atoms with E-state index in [0.717, 1.165) is 49.3 Å². The van der Waals surface area contributed by atoms with Crippen molar-refractivity contribution in [1.29, 1.82) is 0 Å². The first-order chi connectivity index (χ1) is 16.6. The van der Waals surface area contributed by atoms with Crippen LogP contribution in [0.3, 0.4) is 0 Å². The SMILES string of the molecule is Cl.Cl.Cl.Cl.Clc1cccc(CN2CCN(CCSSCCN3CCN(Cc4cccc(Cl)c4)CC3)CC2)c1. The molecule has 4 rings (SSSR count). The quantitative estimate of drug-likeness (QED) is 0.186. The van der Waals surface area contributed by atoms with Gasteiger partial charge in [-0.1, -0.05) is 69.1 Å². The first-order valence-corrected chi connectivity index (χ1v) is 15.5. The second-order valence-corrected chi connectivity index (χ2v) is 12.7. The van der Waals surface area contributed by atoms with Crippen molar-refractivity contribution in [3.05, 3.63) is 69.7 Å². The molecule has 0 unspecified atom stereocenters. The van der Waals surface area contributed by atoms with Gasteiger partial charge in [0.05, 0.1) is 0 Å². The predicted octanol–water partition coefficient (Wildman–Crippen LogP) is 7.00. The molecule has 0 aromatic heterocycles. The Kier molecular flexibility index (Phi) is 21.8. The molecular weight excluding hydrogens is 645 g/mol. The zero-order chi connectivity index (χ0) is 23.6. The Bertz CT molecular complexity index is 813. The molecule has 2 aromatic carbocycles. The lowest BCUT2D eigenvalue weighted by atomic mass is 10.2. The van der Waals surface area contributed by atoms with Gasteiger partial charge in [0, 0.05) is 100 Å². The average molecular weight is 685 g/mol. The van der Waals surface area contributed by atoms with E-state index in [9.17, 15) is 0 Å². The summed E-state index contributed by atoms with van der Waals surface area (Å²) in [4.78, 5) is 10.3. The van der Waals surface area contributed by atoms with E-state index in [1.165, 1.54) is 61.9 Å². The van der Waals surface area contributed by atoms with Crippen LogP contribution in [0.1, 0.15) is 11.1 Å². The third kappa shape index (κ3) is 14.1. The molecule has 0 bridgehead atoms. The maximum Gasteiger partial charge on any atom is 0.0409 e. The van der Waals surface area contributed by atoms with Gasteiger partial charge in [-0.25, -0.2) is 0 Å². The van der Waals surface area contributed by atoms with Crippen molar-refractivity contribution in [2.24, 2.45) is 0 Å². The molecule has 0 saturated carbocycles. The number of piperazine rings is 2. The molecule has 2 saturated heterocycles. The van der Waals surface area contributed by atoms with Crippen LogP contribution in [0.5, 0.6) is 0 Å². The van der Waals surface area contributed by atoms with Crippen molar-refractivity contribution in [3.63, 3.8) is 0 Å². The number of hydrogen-bond acceptors (Lipinski definition) is 6. The van der Waals surface area contributed by atoms with Gasteiger partial charge in [-0.05, 0) is 35.4 Å². The molecule has 4 nitrogen and oxygen atoms in total. The molecule has 2 aliphatic rings. The van der Waals surface area contributed by atoms with E-state index in [0.29, 0.717) is 0 Å². The van der Waals surface area contributed by atoms with Crippen LogP contribution in [0.4, 0.5) is 0 Å². The minimum Gasteiger partial charge on any atom is -0.300 e. The van der Waals surface area contributed by atoms with E-state index in [4.69, 9.17) is 23.2 Å². The van der Waals surface area contributed by atoms with Crippen molar-refractivity contribution < 1.29 is 0 Å². The van der Waals surface area contributed by atoms with Crippen molar-refractivity contribution in [2.45, 2.75) is 13.1 Å². The number of hydrogen-bond donors (Lipinski definition) is 0. The van der Waals surface area contributed by atoms with Crippen LogP contribution in [-0.4, -0.2) is 96.6 Å². The summed E-state index contributed by atoms with van der Waals surface area (Å²) in [5.74, 6) is 2.43. The van der Waals surface area contributed by atoms with Crippen molar-refractivity contribution in [3.8, 4) is 0 Å². The predicted molar refractivity (Wildman–Crippen MR) is 180 cm³/mol. The maximum atomic E-state index is 6.12. The fraction of sp³-hybridized carbons (Fsp3) is 0.538. The third-order valence-electron chi connectivity index (χ3n) is 6.59. The minimum atomic E-state index is 0. The standard InChI is InChI=1S/C26H36Cl2N4S2.4ClH/c27-25-5-1-3-23(19-25)21-31-11-7-29(8-12-31)15-17-33-34-18-16-30-9-13-32(14-10-30)22-24-4-2-6-26(28)20-24;;;;/h1-6,19-20H,7-18,21-22H2;4*1H. The topological polar surface area (TPSA) is 13.0 Å². The Morgan fingerprint density at radius 1 is 0.526 bits per heavy atom. The molecule has 218 valence electrons. The fourth-order valence-corrected chi connectivity index (χ4v) is 7.06. The van der Waals surface area contributed by atoms with Gasteiger partial charge in [-0.2, -0.15) is 0 Å². The molecule has 0 atom stereocenters. The van der Waals surface area contributed by atoms with Gasteiger partial charge in [0.25, 0.3) is 0 Å². The molecule has 12 heteroatoms. The van der Waals surface area contributed by atoms with Gasteiger partial charge < -0.3 is 0 Å². The van der Waals surface area contributed by atoms with Gasteiger partial charge in [0.15, 0.2) is 0 Å². The number of halogens is 6. The van der Waals surface area contributed by atoms with E-state index < -0.39 is 0 Å². The summed E-state index contributed by atoms with van der Waals surface area (Å²) in [6.07, 6.45) is 0. The Morgan fingerprint density at radius 2 is 0.868 bits per heavy atom. The van der Waals surface area contributed by atoms with Gasteiger partial charge in [-0.15, -0.1) is 49.6 Å². The summed E-state index contributed by atoms with van der Waals surface area (Å²) in [6, 6.07) is 16.5. The first kappa shape index (κ1) is 38.7. The molecule has 0 N–H and O–H groups in total. The molecule has 2 aliphatic heterocycles. The van der Waals surface area contributed by atoms with Crippen LogP contribution in [0.2, 0.25) is 10.0 Å². The zero-order valence-corrected chi connectivity index (χ0v) is 27.9. The van der Waals surface area contributed by atoms with Crippen molar-refractivity contribution >= 4 is 94.4 Å². The second-order valence-electron chi connectivity index (χ2n) is 9.14. The molecular formula is C26H40Cl6N4S2. The largest absolute Gasteiger partial charge is 0.300 e. The lowest BCUT2D eigenvalue weighted by Gasteiger charge is -2.35. The molecule has 2 aromatic rings. The fourth-order valence-electron chi connectivity index (χ4n) is 4.58. The van der Waals surface area contributed by atoms with Gasteiger partial charge >= 0.3 is 0 Å². The lowest BCUT2D eigenvalue weighted by molar-refractivity contribution is 0.132. The Balaban J connectivity index is 0.00000342. The third-order valence-corrected chi connectivity index (χ3v) is 9.42. The monoisotopic (exact) mass is 682 g/mol. The zero-order valence-electron chi connectivity index (χ0n) is 21.5. The first-order valence-electron chi connectivity index (χ1n) is 12.3. The normalized spacial score (nSPS) is 17.0. The Morgan fingerprint density at radius 3 is 1.21 bits per heavy atom. The Hall–Kier alpha value is 0.720. The number of benzene rings is 2. The van der Waals surface area contributed by atoms with E-state index in [1.807, 2.05) is 45.9 Å². The lowest BCUT2D eigenvalue weighted by Crippen LogP contribution is -2.46. The van der Waals surface area contributed by atoms with Crippen molar-refractivity contribution in [1.82, 2.24) is 19.6 Å². The molecule has 0 aliphatic carbocycles. The second kappa shape index (κ2) is 21.4. The summed E-state index contributed by atoms with van der Waals surface area (Å²) in [7, 11) is 4.08. The molecule has 0 radical (unpaired) electrons. The van der Waals surface area contributed by atoms with E-state index >= 15 is 0 Å². The van der Waals surface area contributed by atoms with Crippen LogP contribution in [0, 0.1) is 0 Å². The van der Waals surface area contributed by atoms with Crippen LogP contribution >= 0.6 is 94.4 Å². The van der Waals surface area contributed by atoms with Crippen LogP contribution < -0.4 is 0 Å². The summed E-state index contributed by atoms with van der Waals surface area (Å²) in [5, 5.41) is 1.67. The average Bonchev–Trinajstić information content (AvgIpc) is 2.83. The highest BCUT2D eigenvalue weighted by atomic mass is 35.5. The highest BCUT2D eigenvalue weighted by Gasteiger charge is 2.18. The number of rotatable bonds is 11. The van der Waals surface area contributed by atoms with Crippen molar-refractivity contribution in [2.75, 3.05) is 77.0 Å². The minimum absolute atomic E-state index is 0. The summed E-state index contributed by atoms with van der Waals surface area (Å²) in [5.41, 5.74) is 2.63. The highest BCUT2D eigenvalue weighted by molar-refractivity contribution is 8.76. The summed E-state index contributed by atoms with van der Waals surface area (Å²) in [6.45, 7) is 13.7. The van der Waals surface area contributed by atoms with E-state index in [1.54, 1.807) is 0 Å². The van der Waals surface area contributed by atoms with Gasteiger partial charge in [0.1, 0.15) is 0 Å². The van der Waals surface area contributed by atoms with Gasteiger partial charge in [0.2, 0.25) is 0 Å². The summed E-state index contributed by atoms with van der Waals surface area (Å²) >= 11 is 12.2. The highest BCUT2D eigenvalue weighted by Crippen LogP contribution is 2.22. The molecule has 2 heterocycles. The van der Waals surface area contributed by atoms with E-state index in [-0.39, 0.29) is 49.6 Å². The van der Waals surface area contributed by atoms with E-state index in [2.05, 4.69) is 43.9 Å². The number of nitrogens with zero attached hydrogens (tertiary/aromatic N) is 4. The Labute approximate surface area is 271 Å². The van der Waals surface area contributed by atoms with Crippen LogP contribution in [0.15, 0.2) is 48.5 Å². The molecule has 0 spiro atoms. The molecule has 2 fully saturated rings. The molecule has 38 heavy (non-hydrogen) atoms. The van der Waals surface area contributed by atoms with Crippen LogP contribution in [0.25, 0.3) is 0 Å². The summed E-state index contributed by atoms with van der Waals surface area (Å²) < 4.78 is 0. The maximum absolute atomic E-state index is 6.12. The smallest absolute Gasteiger partial charge is 0.0409 e. The van der Waals surface area contributed by atoms with Gasteiger partial charge in [-0.3, -0.25) is 19.6 Å². The van der Waals surface area contributed by atoms with Crippen LogP contribution in [-0.2, 0) is 13.1 Å².